The van der Waals surface area contributed by atoms with E-state index in [9.17, 15) is 0 Å². The van der Waals surface area contributed by atoms with E-state index in [-0.39, 0.29) is 5.41 Å². The molecule has 0 radical (unpaired) electrons. The average molecular weight is 1390 g/mol. The molecule has 0 aliphatic heterocycles. The molecule has 14 aromatic rings. The number of fused-ring (bicyclic) bond motifs is 6. The highest BCUT2D eigenvalue weighted by molar-refractivity contribution is 6.23. The minimum absolute atomic E-state index is 0.234. The summed E-state index contributed by atoms with van der Waals surface area (Å²) in [5.41, 5.74) is 28.5. The Hall–Kier alpha value is -10.3. The molecule has 0 unspecified atom stereocenters. The molecule has 15 rings (SSSR count). The molecule has 0 aromatic heterocycles. The van der Waals surface area contributed by atoms with Gasteiger partial charge in [-0.2, -0.15) is 0 Å². The smallest absolute Gasteiger partial charge is 0.0461 e. The van der Waals surface area contributed by atoms with Gasteiger partial charge in [-0.15, -0.1) is 0 Å². The van der Waals surface area contributed by atoms with Crippen LogP contribution in [-0.4, -0.2) is 0 Å². The standard InChI is InChI=1S/C32H24.C31H46.C20H19N.C8H10.2C7H8/c1-21-11-15-23(16-12-21)31-27-9-5-6-10-28(27)32(24-17-13-22(2)14-18-24)30-20-26-8-4-3-7-25(26)19-29(30)31;1-5-7-9-11-13-15-21-31(22-16-14-12-10-8-6-2)29-23-25(3)17-19-27(29)28-20-18-26(4)24-30(28)31;1-16-8-12-19(13-9-16)21(18-6-4-3-5-7-18)20-14-10-17(2)11-15-20;1-7-3-5-8(2)6-4-7;2*1-7-5-3-2-4-6-7/h3-20H,1-2H3;17-20,23-24H,5-16,21-22H2,1-4H3;3-15H,1-2H3;3-6H,1-2H3;2*2-6H,1H3. The van der Waals surface area contributed by atoms with Crippen LogP contribution in [0.15, 0.2) is 309 Å². The van der Waals surface area contributed by atoms with Crippen LogP contribution < -0.4 is 4.90 Å². The van der Waals surface area contributed by atoms with Crippen LogP contribution >= 0.6 is 0 Å². The normalized spacial score (nSPS) is 11.4. The van der Waals surface area contributed by atoms with E-state index in [1.165, 1.54) is 228 Å². The second-order valence-electron chi connectivity index (χ2n) is 29.8. The maximum Gasteiger partial charge on any atom is 0.0461 e. The summed E-state index contributed by atoms with van der Waals surface area (Å²) < 4.78 is 0. The van der Waals surface area contributed by atoms with E-state index >= 15 is 0 Å². The summed E-state index contributed by atoms with van der Waals surface area (Å²) in [5, 5.41) is 7.77. The first kappa shape index (κ1) is 78.3. The Bertz CT molecular complexity index is 4650. The Morgan fingerprint density at radius 3 is 0.840 bits per heavy atom. The maximum atomic E-state index is 2.53. The molecule has 0 fully saturated rings. The lowest BCUT2D eigenvalue weighted by Gasteiger charge is -2.33. The molecule has 0 saturated heterocycles. The van der Waals surface area contributed by atoms with Gasteiger partial charge in [-0.1, -0.05) is 407 Å². The van der Waals surface area contributed by atoms with Gasteiger partial charge in [0.1, 0.15) is 0 Å². The van der Waals surface area contributed by atoms with Crippen molar-refractivity contribution >= 4 is 49.4 Å². The van der Waals surface area contributed by atoms with Crippen molar-refractivity contribution in [3.8, 4) is 33.4 Å². The highest BCUT2D eigenvalue weighted by Gasteiger charge is 2.42. The Kier molecular flexibility index (Phi) is 29.3. The fourth-order valence-corrected chi connectivity index (χ4v) is 14.8. The lowest BCUT2D eigenvalue weighted by molar-refractivity contribution is 0.397. The van der Waals surface area contributed by atoms with Crippen molar-refractivity contribution in [3.63, 3.8) is 0 Å². The number of para-hydroxylation sites is 1. The molecule has 0 spiro atoms. The Morgan fingerprint density at radius 1 is 0.226 bits per heavy atom. The monoisotopic (exact) mass is 1390 g/mol. The third-order valence-electron chi connectivity index (χ3n) is 20.9. The molecule has 0 atom stereocenters. The minimum Gasteiger partial charge on any atom is -0.311 e. The Labute approximate surface area is 638 Å². The molecular weight excluding hydrogens is 1280 g/mol. The van der Waals surface area contributed by atoms with Crippen LogP contribution in [0.3, 0.4) is 0 Å². The van der Waals surface area contributed by atoms with Crippen molar-refractivity contribution in [1.29, 1.82) is 0 Å². The summed E-state index contributed by atoms with van der Waals surface area (Å²) in [4.78, 5) is 2.28. The van der Waals surface area contributed by atoms with Crippen molar-refractivity contribution < 1.29 is 0 Å². The van der Waals surface area contributed by atoms with E-state index in [0.29, 0.717) is 0 Å². The first-order valence-corrected chi connectivity index (χ1v) is 39.4. The van der Waals surface area contributed by atoms with Crippen LogP contribution in [0.4, 0.5) is 17.1 Å². The van der Waals surface area contributed by atoms with Crippen LogP contribution in [0, 0.1) is 69.2 Å². The summed E-state index contributed by atoms with van der Waals surface area (Å²) >= 11 is 0. The maximum absolute atomic E-state index is 2.53. The quantitative estimate of drug-likeness (QED) is 0.0576. The molecule has 106 heavy (non-hydrogen) atoms. The molecule has 0 bridgehead atoms. The number of nitrogens with zero attached hydrogens (tertiary/aromatic N) is 1. The van der Waals surface area contributed by atoms with Gasteiger partial charge in [-0.05, 0) is 207 Å². The second kappa shape index (κ2) is 39.7. The van der Waals surface area contributed by atoms with Gasteiger partial charge in [0.05, 0.1) is 0 Å². The summed E-state index contributed by atoms with van der Waals surface area (Å²) in [6, 6.07) is 111. The number of unbranched alkanes of at least 4 members (excludes halogenated alkanes) is 10. The van der Waals surface area contributed by atoms with E-state index in [1.54, 1.807) is 11.1 Å². The van der Waals surface area contributed by atoms with Crippen molar-refractivity contribution in [3.05, 3.63) is 376 Å². The van der Waals surface area contributed by atoms with Crippen LogP contribution in [0.5, 0.6) is 0 Å². The van der Waals surface area contributed by atoms with Gasteiger partial charge in [0.2, 0.25) is 0 Å². The van der Waals surface area contributed by atoms with E-state index in [0.717, 1.165) is 0 Å². The average Bonchev–Trinajstić information content (AvgIpc) is 1.33. The second-order valence-corrected chi connectivity index (χ2v) is 29.8. The van der Waals surface area contributed by atoms with Gasteiger partial charge in [0, 0.05) is 22.5 Å². The lowest BCUT2D eigenvalue weighted by Crippen LogP contribution is -2.25. The molecule has 1 aliphatic rings. The Morgan fingerprint density at radius 2 is 0.500 bits per heavy atom. The molecule has 0 heterocycles. The van der Waals surface area contributed by atoms with E-state index in [2.05, 4.69) is 355 Å². The summed E-state index contributed by atoms with van der Waals surface area (Å²) in [7, 11) is 0. The highest BCUT2D eigenvalue weighted by Crippen LogP contribution is 2.55. The molecule has 0 N–H and O–H groups in total. The van der Waals surface area contributed by atoms with Gasteiger partial charge in [-0.3, -0.25) is 0 Å². The van der Waals surface area contributed by atoms with Crippen LogP contribution in [0.2, 0.25) is 0 Å². The predicted octanol–water partition coefficient (Wildman–Crippen LogP) is 31.2. The largest absolute Gasteiger partial charge is 0.311 e. The fourth-order valence-electron chi connectivity index (χ4n) is 14.8. The molecule has 1 heteroatoms. The molecule has 1 nitrogen and oxygen atoms in total. The third-order valence-corrected chi connectivity index (χ3v) is 20.9. The van der Waals surface area contributed by atoms with E-state index in [1.807, 2.05) is 42.5 Å². The number of rotatable bonds is 19. The highest BCUT2D eigenvalue weighted by atomic mass is 15.1. The summed E-state index contributed by atoms with van der Waals surface area (Å²) in [6.07, 6.45) is 19.2. The van der Waals surface area contributed by atoms with Gasteiger partial charge in [0.15, 0.2) is 0 Å². The van der Waals surface area contributed by atoms with Crippen LogP contribution in [-0.2, 0) is 5.41 Å². The lowest BCUT2D eigenvalue weighted by atomic mass is 9.70. The van der Waals surface area contributed by atoms with E-state index < -0.39 is 0 Å². The van der Waals surface area contributed by atoms with Crippen molar-refractivity contribution in [2.75, 3.05) is 4.90 Å². The van der Waals surface area contributed by atoms with Crippen LogP contribution in [0.1, 0.15) is 171 Å². The number of aryl methyl sites for hydroxylation is 10. The molecule has 0 saturated carbocycles. The molecule has 1 aliphatic carbocycles. The first-order valence-electron chi connectivity index (χ1n) is 39.4. The SMILES string of the molecule is CCCCCCCCC1(CCCCCCCC)c2cc(C)ccc2-c2ccc(C)cc21.Cc1ccc(-c2c3ccccc3c(-c3ccc(C)cc3)c3cc4ccccc4cc23)cc1.Cc1ccc(C)cc1.Cc1ccc(N(c2ccccc2)c2ccc(C)cc2)cc1.Cc1ccccc1.Cc1ccccc1. The molecular formula is C105H115N. The van der Waals surface area contributed by atoms with Gasteiger partial charge < -0.3 is 4.90 Å². The number of benzene rings is 14. The Balaban J connectivity index is 0.000000150. The number of hydrogen-bond donors (Lipinski definition) is 0. The topological polar surface area (TPSA) is 3.24 Å². The predicted molar refractivity (Wildman–Crippen MR) is 466 cm³/mol. The molecule has 0 amide bonds. The van der Waals surface area contributed by atoms with Gasteiger partial charge in [-0.25, -0.2) is 0 Å². The summed E-state index contributed by atoms with van der Waals surface area (Å²) in [6.45, 7) is 26.1. The molecule has 14 aromatic carbocycles. The van der Waals surface area contributed by atoms with Gasteiger partial charge in [0.25, 0.3) is 0 Å². The number of hydrogen-bond acceptors (Lipinski definition) is 1. The molecule has 540 valence electrons. The zero-order valence-electron chi connectivity index (χ0n) is 65.8. The minimum atomic E-state index is 0.234. The zero-order chi connectivity index (χ0) is 74.6. The van der Waals surface area contributed by atoms with Crippen LogP contribution in [0.25, 0.3) is 65.7 Å². The fraction of sp³-hybridized carbons (Fsp3) is 0.257. The van der Waals surface area contributed by atoms with Crippen molar-refractivity contribution in [2.24, 2.45) is 0 Å². The van der Waals surface area contributed by atoms with Crippen molar-refractivity contribution in [2.45, 2.75) is 178 Å². The third kappa shape index (κ3) is 21.4. The summed E-state index contributed by atoms with van der Waals surface area (Å²) in [5.74, 6) is 0. The van der Waals surface area contributed by atoms with E-state index in [4.69, 9.17) is 0 Å². The first-order chi connectivity index (χ1) is 51.6. The zero-order valence-corrected chi connectivity index (χ0v) is 65.8. The number of anilines is 3. The van der Waals surface area contributed by atoms with Gasteiger partial charge >= 0.3 is 0 Å². The van der Waals surface area contributed by atoms with Crippen molar-refractivity contribution in [1.82, 2.24) is 0 Å².